The van der Waals surface area contributed by atoms with Crippen LogP contribution < -0.4 is 16.8 Å². The molecule has 136 valence electrons. The van der Waals surface area contributed by atoms with Crippen molar-refractivity contribution in [3.05, 3.63) is 47.8 Å². The molecule has 0 bridgehead atoms. The first-order valence-corrected chi connectivity index (χ1v) is 8.63. The standard InChI is InChI=1S/C18H20F2N6/c19-13-6-5-12(7-14(13)20)23-15-8-17(22)25-26-9-16(24-18(15)26)10-1-3-11(21)4-2-10/h5-11,23H,1-4,21H2,(H2,22,25)/t10-,11-. The number of hydrogen-bond donors (Lipinski definition) is 3. The van der Waals surface area contributed by atoms with Gasteiger partial charge in [-0.05, 0) is 37.8 Å². The maximum atomic E-state index is 13.5. The van der Waals surface area contributed by atoms with Crippen molar-refractivity contribution in [2.24, 2.45) is 5.73 Å². The van der Waals surface area contributed by atoms with Gasteiger partial charge in [-0.2, -0.15) is 0 Å². The molecule has 0 unspecified atom stereocenters. The molecule has 1 fully saturated rings. The summed E-state index contributed by atoms with van der Waals surface area (Å²) in [6.07, 6.45) is 5.82. The summed E-state index contributed by atoms with van der Waals surface area (Å²) in [5, 5.41) is 7.32. The predicted octanol–water partition coefficient (Wildman–Crippen LogP) is 3.32. The number of nitrogens with one attached hydrogen (secondary N) is 1. The van der Waals surface area contributed by atoms with Crippen molar-refractivity contribution in [3.63, 3.8) is 0 Å². The molecule has 3 aromatic rings. The van der Waals surface area contributed by atoms with Crippen molar-refractivity contribution in [2.45, 2.75) is 37.6 Å². The van der Waals surface area contributed by atoms with Crippen LogP contribution in [-0.4, -0.2) is 20.6 Å². The van der Waals surface area contributed by atoms with Gasteiger partial charge in [0.05, 0.1) is 17.6 Å². The average molecular weight is 358 g/mol. The minimum atomic E-state index is -0.921. The SMILES string of the molecule is Nc1cc(Nc2ccc(F)c(F)c2)c2nc([C@H]3CC[C@H](N)CC3)cn2n1. The van der Waals surface area contributed by atoms with Crippen LogP contribution in [0.3, 0.4) is 0 Å². The van der Waals surface area contributed by atoms with E-state index in [1.807, 2.05) is 6.20 Å². The van der Waals surface area contributed by atoms with E-state index in [1.165, 1.54) is 6.07 Å². The third-order valence-electron chi connectivity index (χ3n) is 4.85. The van der Waals surface area contributed by atoms with Crippen molar-refractivity contribution in [1.82, 2.24) is 14.6 Å². The van der Waals surface area contributed by atoms with Gasteiger partial charge < -0.3 is 16.8 Å². The van der Waals surface area contributed by atoms with Crippen molar-refractivity contribution in [2.75, 3.05) is 11.1 Å². The minimum absolute atomic E-state index is 0.266. The zero-order valence-electron chi connectivity index (χ0n) is 14.1. The lowest BCUT2D eigenvalue weighted by Gasteiger charge is -2.24. The first-order chi connectivity index (χ1) is 12.5. The summed E-state index contributed by atoms with van der Waals surface area (Å²) in [7, 11) is 0. The van der Waals surface area contributed by atoms with Gasteiger partial charge in [0.2, 0.25) is 0 Å². The summed E-state index contributed by atoms with van der Waals surface area (Å²) in [5.41, 5.74) is 14.4. The molecule has 0 aliphatic heterocycles. The zero-order chi connectivity index (χ0) is 18.3. The van der Waals surface area contributed by atoms with E-state index >= 15 is 0 Å². The Balaban J connectivity index is 1.68. The number of anilines is 3. The molecule has 0 radical (unpaired) electrons. The van der Waals surface area contributed by atoms with Crippen LogP contribution in [0.5, 0.6) is 0 Å². The monoisotopic (exact) mass is 358 g/mol. The number of aromatic nitrogens is 3. The molecule has 0 atom stereocenters. The lowest BCUT2D eigenvalue weighted by atomic mass is 9.85. The van der Waals surface area contributed by atoms with Crippen molar-refractivity contribution in [1.29, 1.82) is 0 Å². The zero-order valence-corrected chi connectivity index (χ0v) is 14.1. The van der Waals surface area contributed by atoms with Gasteiger partial charge in [0.25, 0.3) is 0 Å². The molecule has 0 amide bonds. The second-order valence-corrected chi connectivity index (χ2v) is 6.78. The van der Waals surface area contributed by atoms with Gasteiger partial charge in [0, 0.05) is 29.8 Å². The van der Waals surface area contributed by atoms with Gasteiger partial charge in [-0.25, -0.2) is 18.3 Å². The maximum absolute atomic E-state index is 13.5. The molecule has 6 nitrogen and oxygen atoms in total. The Kier molecular flexibility index (Phi) is 4.20. The van der Waals surface area contributed by atoms with E-state index in [2.05, 4.69) is 10.4 Å². The van der Waals surface area contributed by atoms with Crippen molar-refractivity contribution >= 4 is 22.8 Å². The molecule has 1 aromatic carbocycles. The van der Waals surface area contributed by atoms with Gasteiger partial charge in [0.1, 0.15) is 5.82 Å². The van der Waals surface area contributed by atoms with E-state index in [0.717, 1.165) is 43.5 Å². The number of benzene rings is 1. The Morgan fingerprint density at radius 1 is 1.08 bits per heavy atom. The largest absolute Gasteiger partial charge is 0.382 e. The predicted molar refractivity (Wildman–Crippen MR) is 96.2 cm³/mol. The quantitative estimate of drug-likeness (QED) is 0.668. The van der Waals surface area contributed by atoms with E-state index in [0.29, 0.717) is 28.8 Å². The summed E-state index contributed by atoms with van der Waals surface area (Å²) in [5.74, 6) is -1.17. The van der Waals surface area contributed by atoms with Crippen LogP contribution in [0.15, 0.2) is 30.5 Å². The van der Waals surface area contributed by atoms with Gasteiger partial charge in [-0.15, -0.1) is 5.10 Å². The Morgan fingerprint density at radius 2 is 1.85 bits per heavy atom. The molecule has 2 heterocycles. The van der Waals surface area contributed by atoms with Crippen molar-refractivity contribution < 1.29 is 8.78 Å². The van der Waals surface area contributed by atoms with E-state index in [-0.39, 0.29) is 6.04 Å². The Hall–Kier alpha value is -2.74. The molecule has 0 spiro atoms. The Labute approximate surface area is 149 Å². The highest BCUT2D eigenvalue weighted by Gasteiger charge is 2.23. The van der Waals surface area contributed by atoms with Gasteiger partial charge >= 0.3 is 0 Å². The van der Waals surface area contributed by atoms with E-state index < -0.39 is 11.6 Å². The molecule has 1 saturated carbocycles. The summed E-state index contributed by atoms with van der Waals surface area (Å²) in [4.78, 5) is 4.71. The number of nitrogens with two attached hydrogens (primary N) is 2. The van der Waals surface area contributed by atoms with Crippen LogP contribution in [0.25, 0.3) is 5.65 Å². The lowest BCUT2D eigenvalue weighted by Crippen LogP contribution is -2.25. The maximum Gasteiger partial charge on any atom is 0.177 e. The number of nitrogen functional groups attached to an aromatic ring is 1. The third kappa shape index (κ3) is 3.20. The van der Waals surface area contributed by atoms with Gasteiger partial charge in [0.15, 0.2) is 17.3 Å². The first kappa shape index (κ1) is 16.7. The Bertz CT molecular complexity index is 946. The van der Waals surface area contributed by atoms with Crippen LogP contribution in [-0.2, 0) is 0 Å². The van der Waals surface area contributed by atoms with Gasteiger partial charge in [-0.3, -0.25) is 0 Å². The number of hydrogen-bond acceptors (Lipinski definition) is 5. The number of rotatable bonds is 3. The lowest BCUT2D eigenvalue weighted by molar-refractivity contribution is 0.391. The fourth-order valence-corrected chi connectivity index (χ4v) is 3.45. The topological polar surface area (TPSA) is 94.3 Å². The van der Waals surface area contributed by atoms with Crippen LogP contribution in [0.2, 0.25) is 0 Å². The molecule has 5 N–H and O–H groups in total. The number of halogens is 2. The van der Waals surface area contributed by atoms with Crippen LogP contribution in [0.4, 0.5) is 26.0 Å². The third-order valence-corrected chi connectivity index (χ3v) is 4.85. The number of fused-ring (bicyclic) bond motifs is 1. The fraction of sp³-hybridized carbons (Fsp3) is 0.333. The van der Waals surface area contributed by atoms with Crippen LogP contribution in [0.1, 0.15) is 37.3 Å². The summed E-state index contributed by atoms with van der Waals surface area (Å²) in [6.45, 7) is 0. The molecule has 2 aromatic heterocycles. The van der Waals surface area contributed by atoms with E-state index in [9.17, 15) is 8.78 Å². The average Bonchev–Trinajstić information content (AvgIpc) is 3.03. The molecule has 0 saturated heterocycles. The highest BCUT2D eigenvalue weighted by molar-refractivity contribution is 5.75. The molecule has 1 aliphatic carbocycles. The Morgan fingerprint density at radius 3 is 2.58 bits per heavy atom. The fourth-order valence-electron chi connectivity index (χ4n) is 3.45. The normalized spacial score (nSPS) is 20.4. The van der Waals surface area contributed by atoms with Crippen LogP contribution in [0, 0.1) is 11.6 Å². The number of nitrogens with zero attached hydrogens (tertiary/aromatic N) is 3. The second-order valence-electron chi connectivity index (χ2n) is 6.78. The molecule has 1 aliphatic rings. The smallest absolute Gasteiger partial charge is 0.177 e. The minimum Gasteiger partial charge on any atom is -0.382 e. The van der Waals surface area contributed by atoms with Crippen LogP contribution >= 0.6 is 0 Å². The highest BCUT2D eigenvalue weighted by atomic mass is 19.2. The second kappa shape index (κ2) is 6.53. The summed E-state index contributed by atoms with van der Waals surface area (Å²) < 4.78 is 28.2. The summed E-state index contributed by atoms with van der Waals surface area (Å²) >= 11 is 0. The first-order valence-electron chi connectivity index (χ1n) is 8.63. The van der Waals surface area contributed by atoms with Gasteiger partial charge in [-0.1, -0.05) is 0 Å². The molecule has 4 rings (SSSR count). The highest BCUT2D eigenvalue weighted by Crippen LogP contribution is 2.33. The van der Waals surface area contributed by atoms with E-state index in [4.69, 9.17) is 16.5 Å². The number of imidazole rings is 1. The molecular formula is C18H20F2N6. The molecular weight excluding hydrogens is 338 g/mol. The van der Waals surface area contributed by atoms with E-state index in [1.54, 1.807) is 10.6 Å². The molecule has 26 heavy (non-hydrogen) atoms. The molecule has 8 heteroatoms. The summed E-state index contributed by atoms with van der Waals surface area (Å²) in [6, 6.07) is 5.51. The van der Waals surface area contributed by atoms with Crippen molar-refractivity contribution in [3.8, 4) is 0 Å².